The topological polar surface area (TPSA) is 67.5 Å². The first kappa shape index (κ1) is 14.1. The summed E-state index contributed by atoms with van der Waals surface area (Å²) in [5, 5.41) is 0. The molecule has 1 atom stereocenters. The summed E-state index contributed by atoms with van der Waals surface area (Å²) in [7, 11) is 0. The van der Waals surface area contributed by atoms with Gasteiger partial charge in [0.25, 0.3) is 5.91 Å². The van der Waals surface area contributed by atoms with Gasteiger partial charge in [0, 0.05) is 24.0 Å². The molecule has 120 valence electrons. The number of aromatic amines is 1. The molecule has 1 aromatic heterocycles. The lowest BCUT2D eigenvalue weighted by atomic mass is 10.1. The zero-order valence-corrected chi connectivity index (χ0v) is 13.0. The summed E-state index contributed by atoms with van der Waals surface area (Å²) >= 11 is 0. The number of benzene rings is 1. The predicted octanol–water partition coefficient (Wildman–Crippen LogP) is 2.47. The van der Waals surface area contributed by atoms with Crippen molar-refractivity contribution in [1.29, 1.82) is 0 Å². The van der Waals surface area contributed by atoms with Gasteiger partial charge in [0.05, 0.1) is 6.04 Å². The molecule has 3 heterocycles. The molecule has 0 bridgehead atoms. The highest BCUT2D eigenvalue weighted by Crippen LogP contribution is 2.34. The normalized spacial score (nSPS) is 19.9. The zero-order chi connectivity index (χ0) is 15.8. The van der Waals surface area contributed by atoms with E-state index in [1.165, 1.54) is 0 Å². The van der Waals surface area contributed by atoms with Crippen LogP contribution in [0.1, 0.15) is 40.8 Å². The number of carbonyl (C=O) groups excluding carboxylic acids is 1. The number of H-pyrrole nitrogens is 1. The minimum absolute atomic E-state index is 0.0125. The highest BCUT2D eigenvalue weighted by Gasteiger charge is 2.32. The second-order valence-corrected chi connectivity index (χ2v) is 5.97. The number of aromatic nitrogens is 2. The first-order valence-corrected chi connectivity index (χ1v) is 7.94. The molecule has 1 amide bonds. The Kier molecular flexibility index (Phi) is 3.44. The maximum atomic E-state index is 12.9. The standard InChI is InChI=1S/C17H19N3O3/c1-11-10-18-16(19-11)13-3-2-6-20(13)17(21)12-4-5-14-15(9-12)23-8-7-22-14/h4-5,9-10,13H,2-3,6-8H2,1H3,(H,18,19)/t13-/m0/s1. The number of amides is 1. The van der Waals surface area contributed by atoms with Gasteiger partial charge in [0.2, 0.25) is 0 Å². The van der Waals surface area contributed by atoms with Crippen molar-refractivity contribution >= 4 is 5.91 Å². The summed E-state index contributed by atoms with van der Waals surface area (Å²) in [5.41, 5.74) is 1.64. The fourth-order valence-electron chi connectivity index (χ4n) is 3.24. The molecule has 1 aromatic carbocycles. The number of hydrogen-bond donors (Lipinski definition) is 1. The van der Waals surface area contributed by atoms with Crippen LogP contribution in [-0.4, -0.2) is 40.5 Å². The first-order valence-electron chi connectivity index (χ1n) is 7.94. The highest BCUT2D eigenvalue weighted by atomic mass is 16.6. The molecule has 1 N–H and O–H groups in total. The van der Waals surface area contributed by atoms with Gasteiger partial charge in [0.15, 0.2) is 11.5 Å². The molecule has 2 aliphatic heterocycles. The van der Waals surface area contributed by atoms with Crippen LogP contribution in [0.15, 0.2) is 24.4 Å². The van der Waals surface area contributed by atoms with Crippen LogP contribution < -0.4 is 9.47 Å². The monoisotopic (exact) mass is 313 g/mol. The van der Waals surface area contributed by atoms with Gasteiger partial charge < -0.3 is 19.4 Å². The van der Waals surface area contributed by atoms with Crippen LogP contribution >= 0.6 is 0 Å². The van der Waals surface area contributed by atoms with Gasteiger partial charge in [-0.15, -0.1) is 0 Å². The Morgan fingerprint density at radius 2 is 2.13 bits per heavy atom. The second kappa shape index (κ2) is 5.61. The Morgan fingerprint density at radius 3 is 2.91 bits per heavy atom. The van der Waals surface area contributed by atoms with E-state index in [1.807, 2.05) is 17.9 Å². The van der Waals surface area contributed by atoms with Crippen molar-refractivity contribution in [2.45, 2.75) is 25.8 Å². The average molecular weight is 313 g/mol. The second-order valence-electron chi connectivity index (χ2n) is 5.97. The van der Waals surface area contributed by atoms with E-state index in [1.54, 1.807) is 18.3 Å². The van der Waals surface area contributed by atoms with Gasteiger partial charge in [-0.1, -0.05) is 0 Å². The number of rotatable bonds is 2. The largest absolute Gasteiger partial charge is 0.486 e. The van der Waals surface area contributed by atoms with Gasteiger partial charge in [-0.2, -0.15) is 0 Å². The van der Waals surface area contributed by atoms with Crippen LogP contribution in [0.4, 0.5) is 0 Å². The predicted molar refractivity (Wildman–Crippen MR) is 83.8 cm³/mol. The van der Waals surface area contributed by atoms with E-state index in [4.69, 9.17) is 9.47 Å². The minimum Gasteiger partial charge on any atom is -0.486 e. The van der Waals surface area contributed by atoms with Crippen molar-refractivity contribution in [3.8, 4) is 11.5 Å². The van der Waals surface area contributed by atoms with Crippen molar-refractivity contribution < 1.29 is 14.3 Å². The van der Waals surface area contributed by atoms with E-state index >= 15 is 0 Å². The van der Waals surface area contributed by atoms with Crippen LogP contribution in [0.2, 0.25) is 0 Å². The summed E-state index contributed by atoms with van der Waals surface area (Å²) < 4.78 is 11.1. The Morgan fingerprint density at radius 1 is 1.30 bits per heavy atom. The molecule has 1 fully saturated rings. The number of carbonyl (C=O) groups is 1. The fourth-order valence-corrected chi connectivity index (χ4v) is 3.24. The van der Waals surface area contributed by atoms with Gasteiger partial charge >= 0.3 is 0 Å². The maximum Gasteiger partial charge on any atom is 0.254 e. The summed E-state index contributed by atoms with van der Waals surface area (Å²) in [4.78, 5) is 22.5. The lowest BCUT2D eigenvalue weighted by Gasteiger charge is -2.24. The molecule has 0 saturated carbocycles. The van der Waals surface area contributed by atoms with Gasteiger partial charge in [0.1, 0.15) is 19.0 Å². The molecular formula is C17H19N3O3. The van der Waals surface area contributed by atoms with Crippen molar-refractivity contribution in [2.24, 2.45) is 0 Å². The van der Waals surface area contributed by atoms with Gasteiger partial charge in [-0.05, 0) is 38.0 Å². The van der Waals surface area contributed by atoms with E-state index in [2.05, 4.69) is 9.97 Å². The molecule has 2 aromatic rings. The van der Waals surface area contributed by atoms with E-state index in [9.17, 15) is 4.79 Å². The third-order valence-corrected chi connectivity index (χ3v) is 4.34. The number of hydrogen-bond acceptors (Lipinski definition) is 4. The molecule has 0 aliphatic carbocycles. The van der Waals surface area contributed by atoms with Crippen LogP contribution in [0.5, 0.6) is 11.5 Å². The Labute approximate surface area is 134 Å². The number of likely N-dealkylation sites (tertiary alicyclic amines) is 1. The molecule has 4 rings (SSSR count). The van der Waals surface area contributed by atoms with Crippen molar-refractivity contribution in [3.63, 3.8) is 0 Å². The van der Waals surface area contributed by atoms with Crippen LogP contribution in [0.25, 0.3) is 0 Å². The van der Waals surface area contributed by atoms with E-state index in [0.29, 0.717) is 30.3 Å². The minimum atomic E-state index is 0.0125. The molecule has 0 radical (unpaired) electrons. The third kappa shape index (κ3) is 2.54. The Hall–Kier alpha value is -2.50. The van der Waals surface area contributed by atoms with Crippen LogP contribution in [-0.2, 0) is 0 Å². The average Bonchev–Trinajstić information content (AvgIpc) is 3.22. The van der Waals surface area contributed by atoms with Crippen LogP contribution in [0, 0.1) is 6.92 Å². The number of ether oxygens (including phenoxy) is 2. The van der Waals surface area contributed by atoms with E-state index < -0.39 is 0 Å². The fraction of sp³-hybridized carbons (Fsp3) is 0.412. The number of aryl methyl sites for hydroxylation is 1. The summed E-state index contributed by atoms with van der Waals surface area (Å²) in [6.45, 7) is 3.78. The Bertz CT molecular complexity index is 740. The third-order valence-electron chi connectivity index (χ3n) is 4.34. The smallest absolute Gasteiger partial charge is 0.254 e. The highest BCUT2D eigenvalue weighted by molar-refractivity contribution is 5.95. The number of nitrogens with zero attached hydrogens (tertiary/aromatic N) is 2. The van der Waals surface area contributed by atoms with Crippen LogP contribution in [0.3, 0.4) is 0 Å². The maximum absolute atomic E-state index is 12.9. The van der Waals surface area contributed by atoms with Gasteiger partial charge in [-0.25, -0.2) is 4.98 Å². The lowest BCUT2D eigenvalue weighted by molar-refractivity contribution is 0.0729. The first-order chi connectivity index (χ1) is 11.2. The van der Waals surface area contributed by atoms with Crippen molar-refractivity contribution in [2.75, 3.05) is 19.8 Å². The molecule has 6 nitrogen and oxygen atoms in total. The molecule has 1 saturated heterocycles. The number of imidazole rings is 1. The number of nitrogens with one attached hydrogen (secondary N) is 1. The Balaban J connectivity index is 1.60. The molecule has 0 unspecified atom stereocenters. The van der Waals surface area contributed by atoms with E-state index in [0.717, 1.165) is 30.9 Å². The molecule has 23 heavy (non-hydrogen) atoms. The molecular weight excluding hydrogens is 294 g/mol. The van der Waals surface area contributed by atoms with Gasteiger partial charge in [-0.3, -0.25) is 4.79 Å². The summed E-state index contributed by atoms with van der Waals surface area (Å²) in [5.74, 6) is 2.23. The molecule has 2 aliphatic rings. The van der Waals surface area contributed by atoms with Crippen molar-refractivity contribution in [1.82, 2.24) is 14.9 Å². The van der Waals surface area contributed by atoms with Crippen molar-refractivity contribution in [3.05, 3.63) is 41.5 Å². The summed E-state index contributed by atoms with van der Waals surface area (Å²) in [6, 6.07) is 5.41. The lowest BCUT2D eigenvalue weighted by Crippen LogP contribution is -2.31. The zero-order valence-electron chi connectivity index (χ0n) is 13.0. The number of fused-ring (bicyclic) bond motifs is 1. The summed E-state index contributed by atoms with van der Waals surface area (Å²) in [6.07, 6.45) is 3.73. The van der Waals surface area contributed by atoms with E-state index in [-0.39, 0.29) is 11.9 Å². The SMILES string of the molecule is Cc1cnc([C@@H]2CCCN2C(=O)c2ccc3c(c2)OCCO3)[nH]1. The quantitative estimate of drug-likeness (QED) is 0.925. The molecule has 0 spiro atoms. The molecule has 6 heteroatoms.